The van der Waals surface area contributed by atoms with Gasteiger partial charge in [-0.3, -0.25) is 4.79 Å². The Morgan fingerprint density at radius 3 is 2.65 bits per heavy atom. The molecule has 9 heteroatoms. The molecule has 0 radical (unpaired) electrons. The number of nitrogens with zero attached hydrogens (tertiary/aromatic N) is 3. The zero-order valence-corrected chi connectivity index (χ0v) is 18.2. The molecule has 162 valence electrons. The maximum absolute atomic E-state index is 13.7. The summed E-state index contributed by atoms with van der Waals surface area (Å²) in [7, 11) is -3.10. The summed E-state index contributed by atoms with van der Waals surface area (Å²) < 4.78 is 39.4. The number of aromatic nitrogens is 3. The number of carbonyl (C=O) groups excluding carboxylic acids is 1. The average molecular weight is 443 g/mol. The Kier molecular flexibility index (Phi) is 4.62. The van der Waals surface area contributed by atoms with Crippen molar-refractivity contribution >= 4 is 32.5 Å². The SMILES string of the molecule is Cc1ccc(F)cc1NC(=O)c1cc(C2CC2)nc2c1c(C)nn2C1CCS(=O)(=O)C1. The van der Waals surface area contributed by atoms with E-state index in [9.17, 15) is 17.6 Å². The zero-order valence-electron chi connectivity index (χ0n) is 17.4. The Balaban J connectivity index is 1.62. The number of fused-ring (bicyclic) bond motifs is 1. The molecule has 2 aromatic heterocycles. The smallest absolute Gasteiger partial charge is 0.256 e. The number of sulfone groups is 1. The number of carbonyl (C=O) groups is 1. The van der Waals surface area contributed by atoms with Crippen molar-refractivity contribution in [3.05, 3.63) is 52.6 Å². The quantitative estimate of drug-likeness (QED) is 0.665. The molecule has 7 nitrogen and oxygen atoms in total. The van der Waals surface area contributed by atoms with E-state index in [0.29, 0.717) is 40.3 Å². The molecular weight excluding hydrogens is 419 g/mol. The summed E-state index contributed by atoms with van der Waals surface area (Å²) in [6.07, 6.45) is 2.50. The normalized spacial score (nSPS) is 20.3. The highest BCUT2D eigenvalue weighted by Crippen LogP contribution is 2.41. The average Bonchev–Trinajstić information content (AvgIpc) is 3.43. The standard InChI is InChI=1S/C22H23FN4O3S/c1-12-3-6-15(23)9-18(12)25-22(28)17-10-19(14-4-5-14)24-21-20(17)13(2)26-27(21)16-7-8-31(29,30)11-16/h3,6,9-10,14,16H,4-5,7-8,11H2,1-2H3,(H,25,28). The first-order valence-electron chi connectivity index (χ1n) is 10.4. The van der Waals surface area contributed by atoms with Crippen molar-refractivity contribution < 1.29 is 17.6 Å². The number of amides is 1. The molecule has 5 rings (SSSR count). The number of aryl methyl sites for hydroxylation is 2. The van der Waals surface area contributed by atoms with Crippen LogP contribution in [0.3, 0.4) is 0 Å². The van der Waals surface area contributed by atoms with Crippen molar-refractivity contribution in [1.82, 2.24) is 14.8 Å². The van der Waals surface area contributed by atoms with Crippen molar-refractivity contribution in [2.24, 2.45) is 0 Å². The van der Waals surface area contributed by atoms with E-state index in [-0.39, 0.29) is 23.5 Å². The minimum Gasteiger partial charge on any atom is -0.322 e. The summed E-state index contributed by atoms with van der Waals surface area (Å²) in [6.45, 7) is 3.60. The number of halogens is 1. The monoisotopic (exact) mass is 442 g/mol. The minimum atomic E-state index is -3.10. The molecule has 3 heterocycles. The molecule has 1 aromatic carbocycles. The minimum absolute atomic E-state index is 0.0303. The van der Waals surface area contributed by atoms with E-state index in [1.54, 1.807) is 30.7 Å². The van der Waals surface area contributed by atoms with Crippen LogP contribution < -0.4 is 5.32 Å². The van der Waals surface area contributed by atoms with Gasteiger partial charge in [-0.2, -0.15) is 5.10 Å². The fourth-order valence-corrected chi connectivity index (χ4v) is 5.93. The number of hydrogen-bond acceptors (Lipinski definition) is 5. The summed E-state index contributed by atoms with van der Waals surface area (Å²) in [5, 5.41) is 8.03. The number of hydrogen-bond donors (Lipinski definition) is 1. The summed E-state index contributed by atoms with van der Waals surface area (Å²) in [6, 6.07) is 5.78. The molecule has 0 spiro atoms. The largest absolute Gasteiger partial charge is 0.322 e. The summed E-state index contributed by atoms with van der Waals surface area (Å²) in [5.74, 6) is -0.326. The van der Waals surface area contributed by atoms with Crippen molar-refractivity contribution in [3.63, 3.8) is 0 Å². The van der Waals surface area contributed by atoms with Crippen molar-refractivity contribution in [2.45, 2.75) is 45.1 Å². The number of nitrogens with one attached hydrogen (secondary N) is 1. The van der Waals surface area contributed by atoms with Gasteiger partial charge in [0.1, 0.15) is 5.82 Å². The highest BCUT2D eigenvalue weighted by molar-refractivity contribution is 7.91. The van der Waals surface area contributed by atoms with Gasteiger partial charge in [-0.05, 0) is 56.9 Å². The lowest BCUT2D eigenvalue weighted by Crippen LogP contribution is -2.16. The van der Waals surface area contributed by atoms with E-state index in [1.807, 2.05) is 0 Å². The van der Waals surface area contributed by atoms with Gasteiger partial charge in [-0.1, -0.05) is 6.07 Å². The van der Waals surface area contributed by atoms with Crippen molar-refractivity contribution in [1.29, 1.82) is 0 Å². The fourth-order valence-electron chi connectivity index (χ4n) is 4.24. The van der Waals surface area contributed by atoms with Gasteiger partial charge in [0.15, 0.2) is 15.5 Å². The van der Waals surface area contributed by atoms with Gasteiger partial charge in [0.05, 0.1) is 34.2 Å². The van der Waals surface area contributed by atoms with E-state index < -0.39 is 15.7 Å². The van der Waals surface area contributed by atoms with Gasteiger partial charge in [0.25, 0.3) is 5.91 Å². The van der Waals surface area contributed by atoms with Crippen LogP contribution in [0.4, 0.5) is 10.1 Å². The van der Waals surface area contributed by atoms with Crippen LogP contribution in [-0.4, -0.2) is 40.6 Å². The van der Waals surface area contributed by atoms with E-state index in [4.69, 9.17) is 4.98 Å². The van der Waals surface area contributed by atoms with Gasteiger partial charge < -0.3 is 5.32 Å². The molecule has 1 saturated heterocycles. The number of pyridine rings is 1. The van der Waals surface area contributed by atoms with Crippen LogP contribution in [0, 0.1) is 19.7 Å². The predicted molar refractivity (Wildman–Crippen MR) is 116 cm³/mol. The fraction of sp³-hybridized carbons (Fsp3) is 0.409. The summed E-state index contributed by atoms with van der Waals surface area (Å²) in [5.41, 5.74) is 3.58. The maximum atomic E-state index is 13.7. The van der Waals surface area contributed by atoms with Crippen molar-refractivity contribution in [3.8, 4) is 0 Å². The third kappa shape index (κ3) is 3.71. The van der Waals surface area contributed by atoms with Gasteiger partial charge in [0, 0.05) is 17.3 Å². The Morgan fingerprint density at radius 1 is 1.19 bits per heavy atom. The molecule has 1 aliphatic heterocycles. The molecule has 1 unspecified atom stereocenters. The van der Waals surface area contributed by atoms with E-state index in [1.165, 1.54) is 12.1 Å². The van der Waals surface area contributed by atoms with Gasteiger partial charge in [-0.15, -0.1) is 0 Å². The van der Waals surface area contributed by atoms with Crippen LogP contribution in [0.1, 0.15) is 58.5 Å². The molecule has 1 aliphatic carbocycles. The third-order valence-corrected chi connectivity index (χ3v) is 7.85. The zero-order chi connectivity index (χ0) is 21.9. The second-order valence-corrected chi connectivity index (χ2v) is 10.8. The van der Waals surface area contributed by atoms with Gasteiger partial charge in [-0.25, -0.2) is 22.5 Å². The lowest BCUT2D eigenvalue weighted by molar-refractivity contribution is 0.102. The van der Waals surface area contributed by atoms with E-state index >= 15 is 0 Å². The van der Waals surface area contributed by atoms with Crippen LogP contribution in [0.15, 0.2) is 24.3 Å². The lowest BCUT2D eigenvalue weighted by atomic mass is 10.1. The first kappa shape index (κ1) is 20.1. The topological polar surface area (TPSA) is 93.9 Å². The van der Waals surface area contributed by atoms with Crippen molar-refractivity contribution in [2.75, 3.05) is 16.8 Å². The summed E-state index contributed by atoms with van der Waals surface area (Å²) >= 11 is 0. The first-order chi connectivity index (χ1) is 14.7. The second-order valence-electron chi connectivity index (χ2n) is 8.57. The first-order valence-corrected chi connectivity index (χ1v) is 12.2. The molecule has 3 aromatic rings. The Morgan fingerprint density at radius 2 is 1.97 bits per heavy atom. The molecule has 1 saturated carbocycles. The maximum Gasteiger partial charge on any atom is 0.256 e. The predicted octanol–water partition coefficient (Wildman–Crippen LogP) is 3.68. The second kappa shape index (κ2) is 7.12. The van der Waals surface area contributed by atoms with Gasteiger partial charge >= 0.3 is 0 Å². The molecule has 1 atom stereocenters. The Bertz CT molecular complexity index is 1330. The Labute approximate surface area is 179 Å². The molecular formula is C22H23FN4O3S. The number of anilines is 1. The molecule has 1 N–H and O–H groups in total. The van der Waals surface area contributed by atoms with E-state index in [0.717, 1.165) is 24.1 Å². The number of benzene rings is 1. The molecule has 31 heavy (non-hydrogen) atoms. The van der Waals surface area contributed by atoms with Gasteiger partial charge in [0.2, 0.25) is 0 Å². The third-order valence-electron chi connectivity index (χ3n) is 6.10. The molecule has 2 fully saturated rings. The summed E-state index contributed by atoms with van der Waals surface area (Å²) in [4.78, 5) is 18.1. The van der Waals surface area contributed by atoms with Crippen LogP contribution in [0.25, 0.3) is 11.0 Å². The van der Waals surface area contributed by atoms with Crippen LogP contribution in [-0.2, 0) is 9.84 Å². The molecule has 1 amide bonds. The number of rotatable bonds is 4. The molecule has 2 aliphatic rings. The van der Waals surface area contributed by atoms with E-state index in [2.05, 4.69) is 10.4 Å². The van der Waals surface area contributed by atoms with Crippen LogP contribution in [0.5, 0.6) is 0 Å². The van der Waals surface area contributed by atoms with Crippen LogP contribution in [0.2, 0.25) is 0 Å². The van der Waals surface area contributed by atoms with Crippen LogP contribution >= 0.6 is 0 Å². The highest BCUT2D eigenvalue weighted by Gasteiger charge is 2.34. The molecule has 0 bridgehead atoms. The lowest BCUT2D eigenvalue weighted by Gasteiger charge is -2.13. The highest BCUT2D eigenvalue weighted by atomic mass is 32.2. The Hall–Kier alpha value is -2.81.